The van der Waals surface area contributed by atoms with Gasteiger partial charge in [0.25, 0.3) is 0 Å². The van der Waals surface area contributed by atoms with Crippen LogP contribution in [0.25, 0.3) is 0 Å². The van der Waals surface area contributed by atoms with E-state index in [0.717, 1.165) is 0 Å². The molecule has 0 unspecified atom stereocenters. The van der Waals surface area contributed by atoms with Crippen LogP contribution in [0.5, 0.6) is 5.75 Å². The number of phenols is 1. The average molecular weight is 298 g/mol. The molecule has 2 rings (SSSR count). The van der Waals surface area contributed by atoms with Gasteiger partial charge in [-0.15, -0.1) is 0 Å². The van der Waals surface area contributed by atoms with Crippen LogP contribution in [0.3, 0.4) is 0 Å². The van der Waals surface area contributed by atoms with Crippen molar-refractivity contribution in [2.24, 2.45) is 0 Å². The van der Waals surface area contributed by atoms with Crippen molar-refractivity contribution in [1.82, 2.24) is 9.78 Å². The van der Waals surface area contributed by atoms with Crippen LogP contribution in [0.2, 0.25) is 5.02 Å². The zero-order valence-corrected chi connectivity index (χ0v) is 11.6. The Labute approximate surface area is 120 Å². The third-order valence-electron chi connectivity index (χ3n) is 2.93. The number of aromatic nitrogens is 2. The summed E-state index contributed by atoms with van der Waals surface area (Å²) in [5.41, 5.74) is 13.6. The van der Waals surface area contributed by atoms with Gasteiger partial charge >= 0.3 is 0 Å². The molecule has 0 atom stereocenters. The second kappa shape index (κ2) is 5.48. The summed E-state index contributed by atoms with van der Waals surface area (Å²) >= 11 is 5.95. The largest absolute Gasteiger partial charge is 0.506 e. The number of hydrogen-bond acceptors (Lipinski definition) is 6. The van der Waals surface area contributed by atoms with Crippen LogP contribution in [0.1, 0.15) is 5.56 Å². The van der Waals surface area contributed by atoms with Crippen molar-refractivity contribution < 1.29 is 10.2 Å². The lowest BCUT2D eigenvalue weighted by molar-refractivity contribution is 0.270. The SMILES string of the molecule is Cc1cc(Nc2cnn(CCO)c2N)c(N)c(Cl)c1O. The summed E-state index contributed by atoms with van der Waals surface area (Å²) in [7, 11) is 0. The Hall–Kier alpha value is -2.12. The van der Waals surface area contributed by atoms with Gasteiger partial charge in [-0.05, 0) is 18.6 Å². The number of nitrogens with two attached hydrogens (primary N) is 2. The number of benzene rings is 1. The van der Waals surface area contributed by atoms with Crippen molar-refractivity contribution in [3.63, 3.8) is 0 Å². The number of nitrogens with one attached hydrogen (secondary N) is 1. The zero-order chi connectivity index (χ0) is 14.9. The Morgan fingerprint density at radius 2 is 2.10 bits per heavy atom. The molecule has 0 aliphatic rings. The second-order valence-corrected chi connectivity index (χ2v) is 4.71. The summed E-state index contributed by atoms with van der Waals surface area (Å²) in [6, 6.07) is 1.67. The number of aliphatic hydroxyl groups excluding tert-OH is 1. The molecule has 1 aromatic carbocycles. The Bertz CT molecular complexity index is 641. The average Bonchev–Trinajstić information content (AvgIpc) is 2.76. The summed E-state index contributed by atoms with van der Waals surface area (Å²) in [5, 5.41) is 25.7. The Kier molecular flexibility index (Phi) is 3.91. The smallest absolute Gasteiger partial charge is 0.145 e. The van der Waals surface area contributed by atoms with Gasteiger partial charge in [-0.25, -0.2) is 4.68 Å². The molecular weight excluding hydrogens is 282 g/mol. The minimum absolute atomic E-state index is 0.0429. The highest BCUT2D eigenvalue weighted by Gasteiger charge is 2.14. The number of aryl methyl sites for hydroxylation is 1. The molecule has 0 radical (unpaired) electrons. The normalized spacial score (nSPS) is 10.8. The summed E-state index contributed by atoms with van der Waals surface area (Å²) < 4.78 is 1.47. The highest BCUT2D eigenvalue weighted by atomic mass is 35.5. The number of aliphatic hydroxyl groups is 1. The van der Waals surface area contributed by atoms with E-state index >= 15 is 0 Å². The van der Waals surface area contributed by atoms with Gasteiger partial charge in [0.2, 0.25) is 0 Å². The van der Waals surface area contributed by atoms with Crippen LogP contribution in [0.4, 0.5) is 22.9 Å². The molecule has 0 aliphatic carbocycles. The van der Waals surface area contributed by atoms with Gasteiger partial charge in [0.15, 0.2) is 0 Å². The fraction of sp³-hybridized carbons (Fsp3) is 0.250. The van der Waals surface area contributed by atoms with E-state index in [4.69, 9.17) is 28.2 Å². The number of phenolic OH excluding ortho intramolecular Hbond substituents is 1. The van der Waals surface area contributed by atoms with Gasteiger partial charge in [-0.3, -0.25) is 0 Å². The fourth-order valence-electron chi connectivity index (χ4n) is 1.79. The minimum Gasteiger partial charge on any atom is -0.506 e. The first-order chi connectivity index (χ1) is 9.45. The molecule has 1 aromatic heterocycles. The Balaban J connectivity index is 2.36. The van der Waals surface area contributed by atoms with Crippen LogP contribution >= 0.6 is 11.6 Å². The molecule has 0 saturated heterocycles. The van der Waals surface area contributed by atoms with Crippen LogP contribution in [0, 0.1) is 6.92 Å². The van der Waals surface area contributed by atoms with Gasteiger partial charge in [-0.1, -0.05) is 11.6 Å². The maximum Gasteiger partial charge on any atom is 0.145 e. The minimum atomic E-state index is -0.0579. The van der Waals surface area contributed by atoms with Gasteiger partial charge in [0.1, 0.15) is 22.3 Å². The number of halogens is 1. The van der Waals surface area contributed by atoms with Crippen LogP contribution in [0.15, 0.2) is 12.3 Å². The van der Waals surface area contributed by atoms with E-state index < -0.39 is 0 Å². The highest BCUT2D eigenvalue weighted by Crippen LogP contribution is 2.39. The van der Waals surface area contributed by atoms with Crippen molar-refractivity contribution >= 4 is 34.5 Å². The monoisotopic (exact) mass is 297 g/mol. The van der Waals surface area contributed by atoms with Gasteiger partial charge in [0.05, 0.1) is 30.7 Å². The lowest BCUT2D eigenvalue weighted by Gasteiger charge is -2.13. The Morgan fingerprint density at radius 3 is 2.75 bits per heavy atom. The topological polar surface area (TPSA) is 122 Å². The summed E-state index contributed by atoms with van der Waals surface area (Å²) in [6.45, 7) is 1.96. The van der Waals surface area contributed by atoms with E-state index in [1.807, 2.05) is 0 Å². The van der Waals surface area contributed by atoms with Crippen molar-refractivity contribution in [1.29, 1.82) is 0 Å². The quantitative estimate of drug-likeness (QED) is 0.430. The molecule has 0 aliphatic heterocycles. The molecule has 8 heteroatoms. The standard InChI is InChI=1S/C12H16ClN5O2/c1-6-4-7(10(14)9(13)11(6)20)17-8-5-16-18(2-3-19)12(8)15/h4-5,17,19-20H,2-3,14-15H2,1H3. The summed E-state index contributed by atoms with van der Waals surface area (Å²) in [4.78, 5) is 0. The maximum absolute atomic E-state index is 9.70. The van der Waals surface area contributed by atoms with Crippen LogP contribution in [-0.4, -0.2) is 26.6 Å². The van der Waals surface area contributed by atoms with Crippen molar-refractivity contribution in [3.8, 4) is 5.75 Å². The van der Waals surface area contributed by atoms with Crippen LogP contribution < -0.4 is 16.8 Å². The number of nitrogen functional groups attached to an aromatic ring is 2. The molecule has 0 bridgehead atoms. The number of aromatic hydroxyl groups is 1. The van der Waals surface area contributed by atoms with Crippen molar-refractivity contribution in [2.45, 2.75) is 13.5 Å². The molecular formula is C12H16ClN5O2. The second-order valence-electron chi connectivity index (χ2n) is 4.33. The number of hydrogen-bond donors (Lipinski definition) is 5. The first-order valence-electron chi connectivity index (χ1n) is 5.92. The molecule has 7 N–H and O–H groups in total. The van der Waals surface area contributed by atoms with Crippen molar-refractivity contribution in [3.05, 3.63) is 22.8 Å². The number of nitrogens with zero attached hydrogens (tertiary/aromatic N) is 2. The zero-order valence-electron chi connectivity index (χ0n) is 10.9. The van der Waals surface area contributed by atoms with E-state index in [1.54, 1.807) is 13.0 Å². The fourth-order valence-corrected chi connectivity index (χ4v) is 2.04. The predicted molar refractivity (Wildman–Crippen MR) is 79.3 cm³/mol. The molecule has 108 valence electrons. The lowest BCUT2D eigenvalue weighted by atomic mass is 10.1. The first kappa shape index (κ1) is 14.3. The third-order valence-corrected chi connectivity index (χ3v) is 3.31. The molecule has 2 aromatic rings. The predicted octanol–water partition coefficient (Wildman–Crippen LogP) is 1.45. The van der Waals surface area contributed by atoms with Gasteiger partial charge in [0, 0.05) is 0 Å². The lowest BCUT2D eigenvalue weighted by Crippen LogP contribution is -2.08. The number of rotatable bonds is 4. The van der Waals surface area contributed by atoms with Gasteiger partial charge in [-0.2, -0.15) is 5.10 Å². The van der Waals surface area contributed by atoms with E-state index in [9.17, 15) is 5.11 Å². The summed E-state index contributed by atoms with van der Waals surface area (Å²) in [5.74, 6) is 0.332. The molecule has 0 fully saturated rings. The molecule has 1 heterocycles. The molecule has 0 saturated carbocycles. The van der Waals surface area contributed by atoms with E-state index in [-0.39, 0.29) is 23.1 Å². The number of anilines is 4. The van der Waals surface area contributed by atoms with Gasteiger partial charge < -0.3 is 27.0 Å². The molecule has 0 amide bonds. The molecule has 7 nitrogen and oxygen atoms in total. The molecule has 0 spiro atoms. The summed E-state index contributed by atoms with van der Waals surface area (Å²) in [6.07, 6.45) is 1.53. The third kappa shape index (κ3) is 2.45. The van der Waals surface area contributed by atoms with Crippen LogP contribution in [-0.2, 0) is 6.54 Å². The molecule has 20 heavy (non-hydrogen) atoms. The van der Waals surface area contributed by atoms with E-state index in [1.165, 1.54) is 10.9 Å². The Morgan fingerprint density at radius 1 is 1.40 bits per heavy atom. The van der Waals surface area contributed by atoms with E-state index in [2.05, 4.69) is 10.4 Å². The van der Waals surface area contributed by atoms with E-state index in [0.29, 0.717) is 29.3 Å². The highest BCUT2D eigenvalue weighted by molar-refractivity contribution is 6.35. The maximum atomic E-state index is 9.70. The van der Waals surface area contributed by atoms with Crippen molar-refractivity contribution in [2.75, 3.05) is 23.4 Å². The first-order valence-corrected chi connectivity index (χ1v) is 6.30.